The number of hydrogen-bond donors (Lipinski definition) is 2. The van der Waals surface area contributed by atoms with Crippen LogP contribution < -0.4 is 10.6 Å². The van der Waals surface area contributed by atoms with Crippen molar-refractivity contribution in [1.29, 1.82) is 0 Å². The van der Waals surface area contributed by atoms with E-state index in [0.29, 0.717) is 5.69 Å². The first-order valence-corrected chi connectivity index (χ1v) is 8.92. The van der Waals surface area contributed by atoms with Crippen molar-refractivity contribution < 1.29 is 9.18 Å². The second-order valence-corrected chi connectivity index (χ2v) is 6.72. The first-order chi connectivity index (χ1) is 12.1. The molecule has 0 aliphatic heterocycles. The molecule has 3 aromatic rings. The molecule has 0 saturated heterocycles. The van der Waals surface area contributed by atoms with Gasteiger partial charge in [0.15, 0.2) is 0 Å². The van der Waals surface area contributed by atoms with E-state index in [9.17, 15) is 9.18 Å². The van der Waals surface area contributed by atoms with Crippen molar-refractivity contribution in [2.45, 2.75) is 19.0 Å². The van der Waals surface area contributed by atoms with Gasteiger partial charge in [0.05, 0.1) is 12.1 Å². The summed E-state index contributed by atoms with van der Waals surface area (Å²) < 4.78 is 13.0. The third-order valence-electron chi connectivity index (χ3n) is 3.88. The zero-order chi connectivity index (χ0) is 17.6. The van der Waals surface area contributed by atoms with E-state index in [4.69, 9.17) is 0 Å². The number of benzene rings is 2. The smallest absolute Gasteiger partial charge is 0.241 e. The lowest BCUT2D eigenvalue weighted by Gasteiger charge is -2.22. The summed E-state index contributed by atoms with van der Waals surface area (Å²) in [5.41, 5.74) is 1.68. The number of anilines is 1. The van der Waals surface area contributed by atoms with Crippen molar-refractivity contribution >= 4 is 22.9 Å². The Bertz CT molecular complexity index is 803. The summed E-state index contributed by atoms with van der Waals surface area (Å²) >= 11 is 1.65. The molecule has 1 heterocycles. The maximum absolute atomic E-state index is 13.0. The lowest BCUT2D eigenvalue weighted by atomic mass is 10.0. The van der Waals surface area contributed by atoms with Gasteiger partial charge in [-0.2, -0.15) is 0 Å². The molecular formula is C20H19FN2OS. The number of amides is 1. The predicted octanol–water partition coefficient (Wildman–Crippen LogP) is 4.59. The van der Waals surface area contributed by atoms with Crippen LogP contribution in [0, 0.1) is 5.82 Å². The highest BCUT2D eigenvalue weighted by Gasteiger charge is 2.21. The fraction of sp³-hybridized carbons (Fsp3) is 0.150. The summed E-state index contributed by atoms with van der Waals surface area (Å²) in [4.78, 5) is 13.6. The highest BCUT2D eigenvalue weighted by molar-refractivity contribution is 7.10. The molecule has 25 heavy (non-hydrogen) atoms. The lowest BCUT2D eigenvalue weighted by molar-refractivity contribution is -0.117. The molecule has 0 radical (unpaired) electrons. The van der Waals surface area contributed by atoms with Gasteiger partial charge in [0.2, 0.25) is 5.91 Å². The fourth-order valence-corrected chi connectivity index (χ4v) is 3.36. The van der Waals surface area contributed by atoms with Crippen LogP contribution in [-0.2, 0) is 4.79 Å². The van der Waals surface area contributed by atoms with E-state index in [-0.39, 0.29) is 17.8 Å². The highest BCUT2D eigenvalue weighted by Crippen LogP contribution is 2.26. The largest absolute Gasteiger partial charge is 0.325 e. The molecular weight excluding hydrogens is 335 g/mol. The van der Waals surface area contributed by atoms with Gasteiger partial charge in [-0.05, 0) is 48.2 Å². The normalized spacial score (nSPS) is 13.2. The van der Waals surface area contributed by atoms with Crippen molar-refractivity contribution in [2.24, 2.45) is 0 Å². The van der Waals surface area contributed by atoms with Gasteiger partial charge in [-0.25, -0.2) is 4.39 Å². The van der Waals surface area contributed by atoms with Gasteiger partial charge in [-0.15, -0.1) is 11.3 Å². The summed E-state index contributed by atoms with van der Waals surface area (Å²) in [6, 6.07) is 19.4. The molecule has 2 atom stereocenters. The molecule has 0 aliphatic rings. The second-order valence-electron chi connectivity index (χ2n) is 5.74. The van der Waals surface area contributed by atoms with Gasteiger partial charge in [-0.3, -0.25) is 10.1 Å². The number of hydrogen-bond acceptors (Lipinski definition) is 3. The molecule has 5 heteroatoms. The fourth-order valence-electron chi connectivity index (χ4n) is 2.55. The number of nitrogens with one attached hydrogen (secondary N) is 2. The minimum Gasteiger partial charge on any atom is -0.325 e. The minimum atomic E-state index is -0.419. The SMILES string of the molecule is C[C@H](N[C@H](c1ccccc1)c1cccs1)C(=O)Nc1ccc(F)cc1. The minimum absolute atomic E-state index is 0.0600. The van der Waals surface area contributed by atoms with Gasteiger partial charge in [0, 0.05) is 10.6 Å². The van der Waals surface area contributed by atoms with Crippen LogP contribution in [0.15, 0.2) is 72.1 Å². The van der Waals surface area contributed by atoms with Crippen LogP contribution in [0.1, 0.15) is 23.4 Å². The van der Waals surface area contributed by atoms with E-state index >= 15 is 0 Å². The van der Waals surface area contributed by atoms with E-state index in [1.807, 2.05) is 48.7 Å². The van der Waals surface area contributed by atoms with Crippen LogP contribution in [0.25, 0.3) is 0 Å². The standard InChI is InChI=1S/C20H19FN2OS/c1-14(20(24)23-17-11-9-16(21)10-12-17)22-19(18-8-5-13-25-18)15-6-3-2-4-7-15/h2-14,19,22H,1H3,(H,23,24)/t14-,19+/m0/s1. The van der Waals surface area contributed by atoms with E-state index in [1.165, 1.54) is 12.1 Å². The highest BCUT2D eigenvalue weighted by atomic mass is 32.1. The zero-order valence-electron chi connectivity index (χ0n) is 13.8. The van der Waals surface area contributed by atoms with Crippen molar-refractivity contribution in [3.63, 3.8) is 0 Å². The molecule has 0 bridgehead atoms. The molecule has 0 unspecified atom stereocenters. The lowest BCUT2D eigenvalue weighted by Crippen LogP contribution is -2.40. The Balaban J connectivity index is 1.72. The van der Waals surface area contributed by atoms with Crippen LogP contribution in [0.3, 0.4) is 0 Å². The van der Waals surface area contributed by atoms with Crippen molar-refractivity contribution in [3.05, 3.63) is 88.4 Å². The molecule has 2 aromatic carbocycles. The van der Waals surface area contributed by atoms with E-state index in [1.54, 1.807) is 23.5 Å². The topological polar surface area (TPSA) is 41.1 Å². The summed E-state index contributed by atoms with van der Waals surface area (Å²) in [5.74, 6) is -0.491. The molecule has 3 nitrogen and oxygen atoms in total. The van der Waals surface area contributed by atoms with Crippen molar-refractivity contribution in [1.82, 2.24) is 5.32 Å². The first kappa shape index (κ1) is 17.3. The molecule has 2 N–H and O–H groups in total. The molecule has 0 spiro atoms. The maximum atomic E-state index is 13.0. The van der Waals surface area contributed by atoms with Crippen LogP contribution >= 0.6 is 11.3 Å². The molecule has 128 valence electrons. The Hall–Kier alpha value is -2.50. The van der Waals surface area contributed by atoms with Gasteiger partial charge < -0.3 is 5.32 Å². The third-order valence-corrected chi connectivity index (χ3v) is 4.82. The van der Waals surface area contributed by atoms with Crippen LogP contribution in [-0.4, -0.2) is 11.9 Å². The predicted molar refractivity (Wildman–Crippen MR) is 100 cm³/mol. The summed E-state index contributed by atoms with van der Waals surface area (Å²) in [6.07, 6.45) is 0. The average Bonchev–Trinajstić information content (AvgIpc) is 3.16. The quantitative estimate of drug-likeness (QED) is 0.680. The van der Waals surface area contributed by atoms with E-state index in [2.05, 4.69) is 16.7 Å². The summed E-state index contributed by atoms with van der Waals surface area (Å²) in [6.45, 7) is 1.82. The van der Waals surface area contributed by atoms with Gasteiger partial charge >= 0.3 is 0 Å². The Morgan fingerprint density at radius 1 is 1.00 bits per heavy atom. The number of thiophene rings is 1. The molecule has 0 fully saturated rings. The molecule has 1 amide bonds. The van der Waals surface area contributed by atoms with Gasteiger partial charge in [0.25, 0.3) is 0 Å². The molecule has 0 aliphatic carbocycles. The first-order valence-electron chi connectivity index (χ1n) is 8.04. The molecule has 3 rings (SSSR count). The average molecular weight is 354 g/mol. The van der Waals surface area contributed by atoms with Crippen LogP contribution in [0.5, 0.6) is 0 Å². The number of carbonyl (C=O) groups excluding carboxylic acids is 1. The monoisotopic (exact) mass is 354 g/mol. The van der Waals surface area contributed by atoms with Gasteiger partial charge in [0.1, 0.15) is 5.82 Å². The Morgan fingerprint density at radius 2 is 1.72 bits per heavy atom. The van der Waals surface area contributed by atoms with E-state index < -0.39 is 6.04 Å². The second kappa shape index (κ2) is 8.05. The van der Waals surface area contributed by atoms with Crippen molar-refractivity contribution in [3.8, 4) is 0 Å². The zero-order valence-corrected chi connectivity index (χ0v) is 14.6. The number of carbonyl (C=O) groups is 1. The van der Waals surface area contributed by atoms with E-state index in [0.717, 1.165) is 10.4 Å². The van der Waals surface area contributed by atoms with Crippen LogP contribution in [0.2, 0.25) is 0 Å². The number of halogens is 1. The van der Waals surface area contributed by atoms with Crippen molar-refractivity contribution in [2.75, 3.05) is 5.32 Å². The Morgan fingerprint density at radius 3 is 2.36 bits per heavy atom. The van der Waals surface area contributed by atoms with Crippen LogP contribution in [0.4, 0.5) is 10.1 Å². The Kier molecular flexibility index (Phi) is 5.58. The summed E-state index contributed by atoms with van der Waals surface area (Å²) in [5, 5.41) is 8.22. The molecule has 1 aromatic heterocycles. The number of rotatable bonds is 6. The Labute approximate surface area is 150 Å². The third kappa shape index (κ3) is 4.53. The molecule has 0 saturated carbocycles. The summed E-state index contributed by atoms with van der Waals surface area (Å²) in [7, 11) is 0. The van der Waals surface area contributed by atoms with Gasteiger partial charge in [-0.1, -0.05) is 36.4 Å². The maximum Gasteiger partial charge on any atom is 0.241 e.